The summed E-state index contributed by atoms with van der Waals surface area (Å²) in [4.78, 5) is 12.1. The molecule has 0 radical (unpaired) electrons. The van der Waals surface area contributed by atoms with Gasteiger partial charge in [-0.05, 0) is 55.0 Å². The Morgan fingerprint density at radius 2 is 1.60 bits per heavy atom. The van der Waals surface area contributed by atoms with Crippen molar-refractivity contribution >= 4 is 14.0 Å². The number of nitrogens with zero attached hydrogens (tertiary/aromatic N) is 1. The Bertz CT molecular complexity index is 740. The zero-order chi connectivity index (χ0) is 18.3. The van der Waals surface area contributed by atoms with Crippen LogP contribution >= 0.6 is 0 Å². The van der Waals surface area contributed by atoms with Gasteiger partial charge in [0.25, 0.3) is 0 Å². The van der Waals surface area contributed by atoms with Gasteiger partial charge in [-0.1, -0.05) is 25.7 Å². The summed E-state index contributed by atoms with van der Waals surface area (Å²) < 4.78 is 11.0. The Labute approximate surface area is 150 Å². The quantitative estimate of drug-likeness (QED) is 0.308. The van der Waals surface area contributed by atoms with E-state index in [2.05, 4.69) is 19.6 Å². The summed E-state index contributed by atoms with van der Waals surface area (Å²) in [6.45, 7) is 7.74. The third kappa shape index (κ3) is 6.44. The molecule has 0 amide bonds. The molecule has 5 heteroatoms. The Morgan fingerprint density at radius 1 is 1.00 bits per heavy atom. The SMILES string of the molecule is C[Si](C)(C)CCCOc1ccc(C(=O)Oc2ccc(C#N)cc2)cc1. The molecule has 0 saturated heterocycles. The summed E-state index contributed by atoms with van der Waals surface area (Å²) in [7, 11) is -1.02. The number of hydrogen-bond donors (Lipinski definition) is 0. The van der Waals surface area contributed by atoms with Crippen molar-refractivity contribution in [2.24, 2.45) is 0 Å². The van der Waals surface area contributed by atoms with Gasteiger partial charge in [-0.15, -0.1) is 0 Å². The van der Waals surface area contributed by atoms with E-state index in [9.17, 15) is 4.79 Å². The molecular formula is C20H23NO3Si. The molecular weight excluding hydrogens is 330 g/mol. The lowest BCUT2D eigenvalue weighted by atomic mass is 10.2. The average molecular weight is 353 g/mol. The maximum Gasteiger partial charge on any atom is 0.343 e. The van der Waals surface area contributed by atoms with Gasteiger partial charge < -0.3 is 9.47 Å². The first-order chi connectivity index (χ1) is 11.9. The number of rotatable bonds is 7. The first kappa shape index (κ1) is 18.8. The summed E-state index contributed by atoms with van der Waals surface area (Å²) in [6, 6.07) is 16.6. The molecule has 0 spiro atoms. The number of carbonyl (C=O) groups is 1. The van der Waals surface area contributed by atoms with E-state index in [1.54, 1.807) is 48.5 Å². The Kier molecular flexibility index (Phi) is 6.37. The maximum atomic E-state index is 12.1. The normalized spacial score (nSPS) is 10.8. The van der Waals surface area contributed by atoms with Crippen LogP contribution in [0.5, 0.6) is 11.5 Å². The lowest BCUT2D eigenvalue weighted by Crippen LogP contribution is -2.19. The van der Waals surface area contributed by atoms with Crippen molar-refractivity contribution in [3.05, 3.63) is 59.7 Å². The fourth-order valence-corrected chi connectivity index (χ4v) is 3.45. The predicted molar refractivity (Wildman–Crippen MR) is 101 cm³/mol. The lowest BCUT2D eigenvalue weighted by Gasteiger charge is -2.15. The minimum atomic E-state index is -1.02. The van der Waals surface area contributed by atoms with Crippen molar-refractivity contribution in [3.63, 3.8) is 0 Å². The average Bonchev–Trinajstić information content (AvgIpc) is 2.59. The molecule has 25 heavy (non-hydrogen) atoms. The van der Waals surface area contributed by atoms with E-state index in [0.717, 1.165) is 12.2 Å². The molecule has 0 atom stereocenters. The standard InChI is InChI=1S/C20H23NO3Si/c1-25(2,3)14-4-13-23-18-11-7-17(8-12-18)20(22)24-19-9-5-16(15-21)6-10-19/h5-12H,4,13-14H2,1-3H3. The highest BCUT2D eigenvalue weighted by atomic mass is 28.3. The van der Waals surface area contributed by atoms with Gasteiger partial charge in [0.05, 0.1) is 23.8 Å². The van der Waals surface area contributed by atoms with Gasteiger partial charge in [0.2, 0.25) is 0 Å². The summed E-state index contributed by atoms with van der Waals surface area (Å²) in [5, 5.41) is 8.76. The Morgan fingerprint density at radius 3 is 2.16 bits per heavy atom. The minimum absolute atomic E-state index is 0.413. The first-order valence-electron chi connectivity index (χ1n) is 8.33. The zero-order valence-electron chi connectivity index (χ0n) is 14.9. The molecule has 0 aromatic heterocycles. The molecule has 2 aromatic carbocycles. The van der Waals surface area contributed by atoms with Crippen LogP contribution in [-0.4, -0.2) is 20.7 Å². The van der Waals surface area contributed by atoms with Crippen molar-refractivity contribution in [2.75, 3.05) is 6.61 Å². The highest BCUT2D eigenvalue weighted by Crippen LogP contribution is 2.17. The summed E-state index contributed by atoms with van der Waals surface area (Å²) in [6.07, 6.45) is 1.05. The smallest absolute Gasteiger partial charge is 0.343 e. The number of carbonyl (C=O) groups excluding carboxylic acids is 1. The third-order valence-electron chi connectivity index (χ3n) is 3.62. The number of esters is 1. The number of ether oxygens (including phenoxy) is 2. The highest BCUT2D eigenvalue weighted by Gasteiger charge is 2.12. The Balaban J connectivity index is 1.86. The van der Waals surface area contributed by atoms with Gasteiger partial charge in [0.1, 0.15) is 11.5 Å². The van der Waals surface area contributed by atoms with Crippen LogP contribution in [0.2, 0.25) is 25.7 Å². The van der Waals surface area contributed by atoms with Crippen LogP contribution < -0.4 is 9.47 Å². The molecule has 0 aliphatic heterocycles. The molecule has 2 rings (SSSR count). The van der Waals surface area contributed by atoms with E-state index in [1.807, 2.05) is 6.07 Å². The van der Waals surface area contributed by atoms with Gasteiger partial charge >= 0.3 is 5.97 Å². The van der Waals surface area contributed by atoms with E-state index in [0.29, 0.717) is 23.5 Å². The molecule has 0 N–H and O–H groups in total. The molecule has 0 aliphatic rings. The van der Waals surface area contributed by atoms with Crippen LogP contribution in [0.4, 0.5) is 0 Å². The van der Waals surface area contributed by atoms with Gasteiger partial charge in [-0.25, -0.2) is 4.79 Å². The van der Waals surface area contributed by atoms with E-state index < -0.39 is 14.0 Å². The summed E-state index contributed by atoms with van der Waals surface area (Å²) in [5.74, 6) is 0.733. The van der Waals surface area contributed by atoms with Crippen LogP contribution in [0, 0.1) is 11.3 Å². The molecule has 4 nitrogen and oxygen atoms in total. The van der Waals surface area contributed by atoms with Crippen molar-refractivity contribution in [2.45, 2.75) is 32.1 Å². The van der Waals surface area contributed by atoms with Crippen LogP contribution in [-0.2, 0) is 0 Å². The third-order valence-corrected chi connectivity index (χ3v) is 5.48. The predicted octanol–water partition coefficient (Wildman–Crippen LogP) is 4.88. The van der Waals surface area contributed by atoms with Gasteiger partial charge in [-0.2, -0.15) is 5.26 Å². The molecule has 0 fully saturated rings. The Hall–Kier alpha value is -2.58. The van der Waals surface area contributed by atoms with E-state index in [1.165, 1.54) is 6.04 Å². The van der Waals surface area contributed by atoms with Gasteiger partial charge in [-0.3, -0.25) is 0 Å². The second-order valence-electron chi connectivity index (χ2n) is 7.06. The van der Waals surface area contributed by atoms with Gasteiger partial charge in [0.15, 0.2) is 0 Å². The largest absolute Gasteiger partial charge is 0.494 e. The van der Waals surface area contributed by atoms with E-state index in [4.69, 9.17) is 14.7 Å². The van der Waals surface area contributed by atoms with Crippen molar-refractivity contribution in [1.29, 1.82) is 5.26 Å². The van der Waals surface area contributed by atoms with Gasteiger partial charge in [0, 0.05) is 8.07 Å². The van der Waals surface area contributed by atoms with Crippen LogP contribution in [0.25, 0.3) is 0 Å². The van der Waals surface area contributed by atoms with Crippen molar-refractivity contribution < 1.29 is 14.3 Å². The second-order valence-corrected chi connectivity index (χ2v) is 12.7. The maximum absolute atomic E-state index is 12.1. The van der Waals surface area contributed by atoms with Crippen molar-refractivity contribution in [1.82, 2.24) is 0 Å². The topological polar surface area (TPSA) is 59.3 Å². The van der Waals surface area contributed by atoms with Crippen LogP contribution in [0.3, 0.4) is 0 Å². The number of hydrogen-bond acceptors (Lipinski definition) is 4. The first-order valence-corrected chi connectivity index (χ1v) is 12.0. The van der Waals surface area contributed by atoms with Crippen LogP contribution in [0.1, 0.15) is 22.3 Å². The lowest BCUT2D eigenvalue weighted by molar-refractivity contribution is 0.0734. The summed E-state index contributed by atoms with van der Waals surface area (Å²) in [5.41, 5.74) is 0.981. The molecule has 0 unspecified atom stereocenters. The van der Waals surface area contributed by atoms with Crippen LogP contribution in [0.15, 0.2) is 48.5 Å². The second kappa shape index (κ2) is 8.50. The fourth-order valence-electron chi connectivity index (χ4n) is 2.24. The monoisotopic (exact) mass is 353 g/mol. The van der Waals surface area contributed by atoms with Crippen molar-refractivity contribution in [3.8, 4) is 17.6 Å². The molecule has 130 valence electrons. The molecule has 2 aromatic rings. The molecule has 0 saturated carbocycles. The zero-order valence-corrected chi connectivity index (χ0v) is 15.9. The molecule has 0 aliphatic carbocycles. The molecule has 0 heterocycles. The number of nitriles is 1. The number of benzene rings is 2. The van der Waals surface area contributed by atoms with E-state index >= 15 is 0 Å². The minimum Gasteiger partial charge on any atom is -0.494 e. The fraction of sp³-hybridized carbons (Fsp3) is 0.300. The highest BCUT2D eigenvalue weighted by molar-refractivity contribution is 6.76. The van der Waals surface area contributed by atoms with E-state index in [-0.39, 0.29) is 0 Å². The molecule has 0 bridgehead atoms. The summed E-state index contributed by atoms with van der Waals surface area (Å²) >= 11 is 0.